The number of amides is 1. The summed E-state index contributed by atoms with van der Waals surface area (Å²) in [6.07, 6.45) is 2.47. The fraction of sp³-hybridized carbons (Fsp3) is 0.538. The Morgan fingerprint density at radius 1 is 1.47 bits per heavy atom. The van der Waals surface area contributed by atoms with Crippen LogP contribution in [0.2, 0.25) is 0 Å². The summed E-state index contributed by atoms with van der Waals surface area (Å²) in [6.45, 7) is 2.38. The molecule has 1 aromatic rings. The minimum atomic E-state index is -0.237. The van der Waals surface area contributed by atoms with E-state index in [1.807, 2.05) is 11.9 Å². The first-order chi connectivity index (χ1) is 8.95. The number of rotatable bonds is 5. The number of carbonyl (C=O) groups is 2. The van der Waals surface area contributed by atoms with Crippen LogP contribution in [0, 0.1) is 5.92 Å². The highest BCUT2D eigenvalue weighted by atomic mass is 32.1. The molecule has 0 bridgehead atoms. The normalized spacial score (nSPS) is 14.3. The van der Waals surface area contributed by atoms with E-state index >= 15 is 0 Å². The molecule has 1 amide bonds. The van der Waals surface area contributed by atoms with Crippen LogP contribution < -0.4 is 16.0 Å². The Kier molecular flexibility index (Phi) is 3.80. The molecule has 0 spiro atoms. The molecule has 1 aliphatic carbocycles. The van der Waals surface area contributed by atoms with Crippen LogP contribution in [0.4, 0.5) is 10.7 Å². The fourth-order valence-electron chi connectivity index (χ4n) is 2.08. The van der Waals surface area contributed by atoms with E-state index in [1.165, 1.54) is 31.1 Å². The first kappa shape index (κ1) is 13.9. The molecule has 1 saturated carbocycles. The van der Waals surface area contributed by atoms with Gasteiger partial charge in [0.05, 0.1) is 16.1 Å². The molecule has 0 aromatic carbocycles. The van der Waals surface area contributed by atoms with Gasteiger partial charge in [-0.2, -0.15) is 0 Å². The minimum Gasteiger partial charge on any atom is -0.397 e. The van der Waals surface area contributed by atoms with Gasteiger partial charge in [0.2, 0.25) is 0 Å². The van der Waals surface area contributed by atoms with E-state index < -0.39 is 0 Å². The largest absolute Gasteiger partial charge is 0.397 e. The quantitative estimate of drug-likeness (QED) is 0.806. The third-order valence-electron chi connectivity index (χ3n) is 3.28. The second kappa shape index (κ2) is 5.21. The van der Waals surface area contributed by atoms with Gasteiger partial charge >= 0.3 is 0 Å². The summed E-state index contributed by atoms with van der Waals surface area (Å²) in [5.74, 6) is 0.365. The molecule has 6 heteroatoms. The van der Waals surface area contributed by atoms with E-state index in [4.69, 9.17) is 5.73 Å². The van der Waals surface area contributed by atoms with E-state index in [2.05, 4.69) is 5.32 Å². The van der Waals surface area contributed by atoms with Crippen LogP contribution in [0.1, 0.15) is 39.8 Å². The predicted octanol–water partition coefficient (Wildman–Crippen LogP) is 1.74. The zero-order chi connectivity index (χ0) is 14.2. The summed E-state index contributed by atoms with van der Waals surface area (Å²) in [6, 6.07) is 0. The van der Waals surface area contributed by atoms with Crippen LogP contribution in [0.25, 0.3) is 0 Å². The Morgan fingerprint density at radius 3 is 2.58 bits per heavy atom. The van der Waals surface area contributed by atoms with Crippen LogP contribution >= 0.6 is 11.3 Å². The Balaban J connectivity index is 2.41. The molecule has 104 valence electrons. The van der Waals surface area contributed by atoms with Crippen molar-refractivity contribution < 1.29 is 9.59 Å². The Bertz CT molecular complexity index is 520. The zero-order valence-electron chi connectivity index (χ0n) is 11.4. The van der Waals surface area contributed by atoms with Gasteiger partial charge in [0.1, 0.15) is 5.00 Å². The summed E-state index contributed by atoms with van der Waals surface area (Å²) >= 11 is 1.31. The van der Waals surface area contributed by atoms with Gasteiger partial charge in [-0.15, -0.1) is 11.3 Å². The number of carbonyl (C=O) groups excluding carboxylic acids is 2. The number of ketones is 1. The molecule has 2 rings (SSSR count). The first-order valence-corrected chi connectivity index (χ1v) is 7.13. The topological polar surface area (TPSA) is 75.4 Å². The maximum absolute atomic E-state index is 12.0. The standard InChI is InChI=1S/C13H19N3O2S/c1-7(17)11-10(14)9(12(18)15-2)13(19-11)16(3)6-8-4-5-8/h8H,4-6,14H2,1-3H3,(H,15,18). The number of thiophene rings is 1. The second-order valence-electron chi connectivity index (χ2n) is 4.98. The smallest absolute Gasteiger partial charge is 0.256 e. The molecule has 3 N–H and O–H groups in total. The van der Waals surface area contributed by atoms with Crippen molar-refractivity contribution >= 4 is 33.7 Å². The van der Waals surface area contributed by atoms with Crippen molar-refractivity contribution in [2.45, 2.75) is 19.8 Å². The van der Waals surface area contributed by atoms with Gasteiger partial charge < -0.3 is 16.0 Å². The van der Waals surface area contributed by atoms with Crippen molar-refractivity contribution in [1.82, 2.24) is 5.32 Å². The van der Waals surface area contributed by atoms with E-state index in [-0.39, 0.29) is 11.7 Å². The predicted molar refractivity (Wildman–Crippen MR) is 78.1 cm³/mol. The molecule has 19 heavy (non-hydrogen) atoms. The van der Waals surface area contributed by atoms with Crippen molar-refractivity contribution in [3.63, 3.8) is 0 Å². The van der Waals surface area contributed by atoms with E-state index in [1.54, 1.807) is 7.05 Å². The van der Waals surface area contributed by atoms with Crippen LogP contribution in [0.15, 0.2) is 0 Å². The molecular weight excluding hydrogens is 262 g/mol. The van der Waals surface area contributed by atoms with Crippen molar-refractivity contribution in [3.8, 4) is 0 Å². The second-order valence-corrected chi connectivity index (χ2v) is 5.98. The van der Waals surface area contributed by atoms with Gasteiger partial charge in [-0.3, -0.25) is 9.59 Å². The van der Waals surface area contributed by atoms with Crippen molar-refractivity contribution in [3.05, 3.63) is 10.4 Å². The van der Waals surface area contributed by atoms with Crippen molar-refractivity contribution in [2.75, 3.05) is 31.3 Å². The number of hydrogen-bond acceptors (Lipinski definition) is 5. The lowest BCUT2D eigenvalue weighted by molar-refractivity contribution is 0.0964. The Hall–Kier alpha value is -1.56. The highest BCUT2D eigenvalue weighted by Gasteiger charge is 2.29. The highest BCUT2D eigenvalue weighted by Crippen LogP contribution is 2.40. The molecule has 0 saturated heterocycles. The van der Waals surface area contributed by atoms with Gasteiger partial charge in [0, 0.05) is 27.6 Å². The number of nitrogens with one attached hydrogen (secondary N) is 1. The van der Waals surface area contributed by atoms with Crippen molar-refractivity contribution in [1.29, 1.82) is 0 Å². The average molecular weight is 281 g/mol. The van der Waals surface area contributed by atoms with Gasteiger partial charge in [-0.1, -0.05) is 0 Å². The number of nitrogen functional groups attached to an aromatic ring is 1. The number of nitrogens with zero attached hydrogens (tertiary/aromatic N) is 1. The lowest BCUT2D eigenvalue weighted by Gasteiger charge is -2.18. The summed E-state index contributed by atoms with van der Waals surface area (Å²) in [5.41, 5.74) is 6.70. The molecule has 1 aliphatic rings. The van der Waals surface area contributed by atoms with Crippen molar-refractivity contribution in [2.24, 2.45) is 5.92 Å². The molecule has 0 unspecified atom stereocenters. The molecule has 1 aromatic heterocycles. The van der Waals surface area contributed by atoms with Crippen LogP contribution in [-0.4, -0.2) is 32.3 Å². The highest BCUT2D eigenvalue weighted by molar-refractivity contribution is 7.19. The van der Waals surface area contributed by atoms with E-state index in [0.717, 1.165) is 11.5 Å². The molecule has 1 heterocycles. The molecule has 0 atom stereocenters. The van der Waals surface area contributed by atoms with Gasteiger partial charge in [0.15, 0.2) is 5.78 Å². The lowest BCUT2D eigenvalue weighted by Crippen LogP contribution is -2.25. The maximum atomic E-state index is 12.0. The SMILES string of the molecule is CNC(=O)c1c(N(C)CC2CC2)sc(C(C)=O)c1N. The summed E-state index contributed by atoms with van der Waals surface area (Å²) in [4.78, 5) is 26.1. The number of Topliss-reactive ketones (excluding diaryl/α,β-unsaturated/α-hetero) is 1. The molecule has 0 aliphatic heterocycles. The van der Waals surface area contributed by atoms with Gasteiger partial charge in [-0.05, 0) is 18.8 Å². The number of nitrogens with two attached hydrogens (primary N) is 1. The van der Waals surface area contributed by atoms with E-state index in [0.29, 0.717) is 22.0 Å². The third kappa shape index (κ3) is 2.73. The fourth-order valence-corrected chi connectivity index (χ4v) is 3.16. The Morgan fingerprint density at radius 2 is 2.11 bits per heavy atom. The Labute approximate surface area is 116 Å². The molecular formula is C13H19N3O2S. The lowest BCUT2D eigenvalue weighted by atomic mass is 10.2. The van der Waals surface area contributed by atoms with Crippen LogP contribution in [-0.2, 0) is 0 Å². The summed E-state index contributed by atoms with van der Waals surface area (Å²) < 4.78 is 0. The average Bonchev–Trinajstić information content (AvgIpc) is 3.09. The molecule has 5 nitrogen and oxygen atoms in total. The summed E-state index contributed by atoms with van der Waals surface area (Å²) in [7, 11) is 3.51. The van der Waals surface area contributed by atoms with Gasteiger partial charge in [0.25, 0.3) is 5.91 Å². The zero-order valence-corrected chi connectivity index (χ0v) is 12.3. The molecule has 0 radical (unpaired) electrons. The molecule has 1 fully saturated rings. The van der Waals surface area contributed by atoms with Crippen LogP contribution in [0.5, 0.6) is 0 Å². The van der Waals surface area contributed by atoms with Crippen LogP contribution in [0.3, 0.4) is 0 Å². The first-order valence-electron chi connectivity index (χ1n) is 6.32. The maximum Gasteiger partial charge on any atom is 0.256 e. The van der Waals surface area contributed by atoms with E-state index in [9.17, 15) is 9.59 Å². The monoisotopic (exact) mass is 281 g/mol. The van der Waals surface area contributed by atoms with Gasteiger partial charge in [-0.25, -0.2) is 0 Å². The number of hydrogen-bond donors (Lipinski definition) is 2. The summed E-state index contributed by atoms with van der Waals surface area (Å²) in [5, 5.41) is 3.37. The third-order valence-corrected chi connectivity index (χ3v) is 4.70. The number of anilines is 2. The minimum absolute atomic E-state index is 0.0984.